The van der Waals surface area contributed by atoms with E-state index in [0.29, 0.717) is 17.9 Å². The Morgan fingerprint density at radius 2 is 1.95 bits per heavy atom. The molecule has 0 unspecified atom stereocenters. The van der Waals surface area contributed by atoms with Crippen molar-refractivity contribution in [2.24, 2.45) is 0 Å². The zero-order valence-electron chi connectivity index (χ0n) is 11.1. The summed E-state index contributed by atoms with van der Waals surface area (Å²) < 4.78 is 1.86. The van der Waals surface area contributed by atoms with Gasteiger partial charge >= 0.3 is 0 Å². The molecule has 1 N–H and O–H groups in total. The third kappa shape index (κ3) is 2.38. The Morgan fingerprint density at radius 1 is 1.15 bits per heavy atom. The fourth-order valence-corrected chi connectivity index (χ4v) is 1.98. The van der Waals surface area contributed by atoms with Crippen molar-refractivity contribution in [3.05, 3.63) is 65.6 Å². The summed E-state index contributed by atoms with van der Waals surface area (Å²) in [6.45, 7) is 2.34. The van der Waals surface area contributed by atoms with Crippen molar-refractivity contribution in [1.29, 1.82) is 0 Å². The minimum Gasteiger partial charge on any atom is -0.345 e. The summed E-state index contributed by atoms with van der Waals surface area (Å²) in [7, 11) is 0. The molecule has 100 valence electrons. The Bertz CT molecular complexity index is 746. The lowest BCUT2D eigenvalue weighted by molar-refractivity contribution is 0.0950. The highest BCUT2D eigenvalue weighted by atomic mass is 16.1. The van der Waals surface area contributed by atoms with Crippen LogP contribution in [0.1, 0.15) is 21.7 Å². The second-order valence-corrected chi connectivity index (χ2v) is 4.59. The first-order valence-corrected chi connectivity index (χ1v) is 6.37. The molecule has 0 aliphatic heterocycles. The topological polar surface area (TPSA) is 59.3 Å². The summed E-state index contributed by atoms with van der Waals surface area (Å²) in [6, 6.07) is 13.1. The van der Waals surface area contributed by atoms with E-state index in [2.05, 4.69) is 15.5 Å². The monoisotopic (exact) mass is 266 g/mol. The predicted molar refractivity (Wildman–Crippen MR) is 75.3 cm³/mol. The fourth-order valence-electron chi connectivity index (χ4n) is 1.98. The molecule has 1 aromatic carbocycles. The molecule has 3 aromatic rings. The van der Waals surface area contributed by atoms with Crippen LogP contribution >= 0.6 is 0 Å². The van der Waals surface area contributed by atoms with Crippen LogP contribution in [-0.2, 0) is 6.54 Å². The van der Waals surface area contributed by atoms with Gasteiger partial charge in [0.15, 0.2) is 11.5 Å². The largest absolute Gasteiger partial charge is 0.345 e. The molecule has 5 heteroatoms. The molecule has 0 radical (unpaired) electrons. The molecule has 0 bridgehead atoms. The van der Waals surface area contributed by atoms with Crippen molar-refractivity contribution in [3.8, 4) is 0 Å². The molecule has 0 spiro atoms. The summed E-state index contributed by atoms with van der Waals surface area (Å²) in [4.78, 5) is 12.0. The number of hydrogen-bond donors (Lipinski definition) is 1. The Balaban J connectivity index is 1.73. The van der Waals surface area contributed by atoms with Crippen molar-refractivity contribution in [3.63, 3.8) is 0 Å². The maximum atomic E-state index is 12.0. The predicted octanol–water partition coefficient (Wildman–Crippen LogP) is 1.97. The van der Waals surface area contributed by atoms with Crippen LogP contribution in [0.25, 0.3) is 5.65 Å². The van der Waals surface area contributed by atoms with Crippen LogP contribution in [0.15, 0.2) is 48.7 Å². The van der Waals surface area contributed by atoms with Gasteiger partial charge in [0.25, 0.3) is 5.91 Å². The van der Waals surface area contributed by atoms with Crippen molar-refractivity contribution < 1.29 is 4.79 Å². The molecule has 0 fully saturated rings. The van der Waals surface area contributed by atoms with Crippen LogP contribution in [0.2, 0.25) is 0 Å². The molecule has 3 rings (SSSR count). The van der Waals surface area contributed by atoms with E-state index in [1.807, 2.05) is 60.0 Å². The van der Waals surface area contributed by atoms with Crippen molar-refractivity contribution >= 4 is 11.6 Å². The lowest BCUT2D eigenvalue weighted by Gasteiger charge is -2.04. The number of carbonyl (C=O) groups is 1. The molecular weight excluding hydrogens is 252 g/mol. The third-order valence-electron chi connectivity index (χ3n) is 3.11. The normalized spacial score (nSPS) is 10.7. The van der Waals surface area contributed by atoms with Gasteiger partial charge in [0, 0.05) is 11.8 Å². The summed E-state index contributed by atoms with van der Waals surface area (Å²) >= 11 is 0. The smallest absolute Gasteiger partial charge is 0.251 e. The van der Waals surface area contributed by atoms with Crippen molar-refractivity contribution in [2.75, 3.05) is 0 Å². The fraction of sp³-hybridized carbons (Fsp3) is 0.133. The second kappa shape index (κ2) is 5.13. The average Bonchev–Trinajstić information content (AvgIpc) is 2.89. The average molecular weight is 266 g/mol. The van der Waals surface area contributed by atoms with E-state index >= 15 is 0 Å². The quantitative estimate of drug-likeness (QED) is 0.788. The summed E-state index contributed by atoms with van der Waals surface area (Å²) in [5.74, 6) is 0.596. The van der Waals surface area contributed by atoms with Gasteiger partial charge in [-0.2, -0.15) is 0 Å². The standard InChI is InChI=1S/C15H14N4O/c1-11-5-7-12(8-6-11)15(20)16-10-14-18-17-13-4-2-3-9-19(13)14/h2-9H,10H2,1H3,(H,16,20). The lowest BCUT2D eigenvalue weighted by atomic mass is 10.1. The maximum Gasteiger partial charge on any atom is 0.251 e. The van der Waals surface area contributed by atoms with Gasteiger partial charge in [0.2, 0.25) is 0 Å². The number of pyridine rings is 1. The number of aromatic nitrogens is 3. The highest BCUT2D eigenvalue weighted by Crippen LogP contribution is 2.05. The van der Waals surface area contributed by atoms with E-state index in [9.17, 15) is 4.79 Å². The molecule has 0 saturated carbocycles. The van der Waals surface area contributed by atoms with Gasteiger partial charge in [-0.05, 0) is 31.2 Å². The van der Waals surface area contributed by atoms with E-state index in [4.69, 9.17) is 0 Å². The lowest BCUT2D eigenvalue weighted by Crippen LogP contribution is -2.23. The molecule has 1 amide bonds. The van der Waals surface area contributed by atoms with Crippen molar-refractivity contribution in [2.45, 2.75) is 13.5 Å². The first kappa shape index (κ1) is 12.3. The molecule has 0 saturated heterocycles. The van der Waals surface area contributed by atoms with E-state index in [-0.39, 0.29) is 5.91 Å². The number of nitrogens with zero attached hydrogens (tertiary/aromatic N) is 3. The number of nitrogens with one attached hydrogen (secondary N) is 1. The van der Waals surface area contributed by atoms with Gasteiger partial charge in [0.05, 0.1) is 6.54 Å². The maximum absolute atomic E-state index is 12.0. The number of carbonyl (C=O) groups excluding carboxylic acids is 1. The number of hydrogen-bond acceptors (Lipinski definition) is 3. The summed E-state index contributed by atoms with van der Waals surface area (Å²) in [5.41, 5.74) is 2.54. The van der Waals surface area contributed by atoms with Crippen LogP contribution in [0.3, 0.4) is 0 Å². The van der Waals surface area contributed by atoms with Crippen molar-refractivity contribution in [1.82, 2.24) is 19.9 Å². The Kier molecular flexibility index (Phi) is 3.16. The Morgan fingerprint density at radius 3 is 2.75 bits per heavy atom. The third-order valence-corrected chi connectivity index (χ3v) is 3.11. The second-order valence-electron chi connectivity index (χ2n) is 4.59. The summed E-state index contributed by atoms with van der Waals surface area (Å²) in [5, 5.41) is 11.0. The number of benzene rings is 1. The van der Waals surface area contributed by atoms with Gasteiger partial charge < -0.3 is 5.32 Å². The van der Waals surface area contributed by atoms with E-state index < -0.39 is 0 Å². The van der Waals surface area contributed by atoms with E-state index in [1.165, 1.54) is 0 Å². The van der Waals surface area contributed by atoms with Crippen LogP contribution in [0.4, 0.5) is 0 Å². The Hall–Kier alpha value is -2.69. The Labute approximate surface area is 116 Å². The zero-order chi connectivity index (χ0) is 13.9. The summed E-state index contributed by atoms with van der Waals surface area (Å²) in [6.07, 6.45) is 1.88. The van der Waals surface area contributed by atoms with E-state index in [1.54, 1.807) is 0 Å². The van der Waals surface area contributed by atoms with Gasteiger partial charge in [-0.25, -0.2) is 0 Å². The molecular formula is C15H14N4O. The van der Waals surface area contributed by atoms with Gasteiger partial charge in [-0.1, -0.05) is 23.8 Å². The first-order chi connectivity index (χ1) is 9.74. The molecule has 0 aliphatic rings. The molecule has 2 aromatic heterocycles. The number of aryl methyl sites for hydroxylation is 1. The minimum atomic E-state index is -0.113. The van der Waals surface area contributed by atoms with Crippen LogP contribution in [-0.4, -0.2) is 20.5 Å². The first-order valence-electron chi connectivity index (χ1n) is 6.37. The molecule has 5 nitrogen and oxygen atoms in total. The zero-order valence-corrected chi connectivity index (χ0v) is 11.1. The number of fused-ring (bicyclic) bond motifs is 1. The highest BCUT2D eigenvalue weighted by Gasteiger charge is 2.08. The molecule has 0 atom stereocenters. The van der Waals surface area contributed by atoms with Gasteiger partial charge in [0.1, 0.15) is 0 Å². The van der Waals surface area contributed by atoms with Crippen LogP contribution in [0, 0.1) is 6.92 Å². The highest BCUT2D eigenvalue weighted by molar-refractivity contribution is 5.94. The van der Waals surface area contributed by atoms with Crippen LogP contribution < -0.4 is 5.32 Å². The van der Waals surface area contributed by atoms with Gasteiger partial charge in [-0.3, -0.25) is 9.20 Å². The van der Waals surface area contributed by atoms with Gasteiger partial charge in [-0.15, -0.1) is 10.2 Å². The molecule has 0 aliphatic carbocycles. The minimum absolute atomic E-state index is 0.113. The number of rotatable bonds is 3. The van der Waals surface area contributed by atoms with Crippen LogP contribution in [0.5, 0.6) is 0 Å². The SMILES string of the molecule is Cc1ccc(C(=O)NCc2nnc3ccccn23)cc1. The van der Waals surface area contributed by atoms with E-state index in [0.717, 1.165) is 11.2 Å². The molecule has 2 heterocycles. The molecule has 20 heavy (non-hydrogen) atoms. The number of amides is 1.